The minimum atomic E-state index is -4.15. The summed E-state index contributed by atoms with van der Waals surface area (Å²) in [6.07, 6.45) is 0. The topological polar surface area (TPSA) is 18.5 Å². The Kier molecular flexibility index (Phi) is 8.50. The molecule has 0 heterocycles. The summed E-state index contributed by atoms with van der Waals surface area (Å²) >= 11 is -4.15. The van der Waals surface area contributed by atoms with Gasteiger partial charge in [-0.05, 0) is 0 Å². The molecule has 0 atom stereocenters. The van der Waals surface area contributed by atoms with E-state index in [0.29, 0.717) is 24.2 Å². The van der Waals surface area contributed by atoms with Gasteiger partial charge in [-0.25, -0.2) is 0 Å². The molecule has 2 nitrogen and oxygen atoms in total. The Morgan fingerprint density at radius 1 is 0.652 bits per heavy atom. The van der Waals surface area contributed by atoms with E-state index < -0.39 is 36.5 Å². The van der Waals surface area contributed by atoms with E-state index in [4.69, 9.17) is 5.53 Å². The summed E-state index contributed by atoms with van der Waals surface area (Å²) in [6, 6.07) is 1.60. The molecule has 0 radical (unpaired) electrons. The monoisotopic (exact) mass is 476 g/mol. The number of halogens is 2. The van der Waals surface area contributed by atoms with Crippen LogP contribution in [0.15, 0.2) is 0 Å². The number of hydrogen-bond acceptors (Lipinski definition) is 2. The molecule has 23 heavy (non-hydrogen) atoms. The van der Waals surface area contributed by atoms with E-state index >= 15 is 8.22 Å². The van der Waals surface area contributed by atoms with E-state index in [0.717, 1.165) is 0 Å². The van der Waals surface area contributed by atoms with Crippen molar-refractivity contribution in [3.05, 3.63) is 0 Å². The Bertz CT molecular complexity index is 337. The summed E-state index contributed by atoms with van der Waals surface area (Å²) in [5.41, 5.74) is 0. The molecule has 0 rings (SSSR count). The first-order valence-electron chi connectivity index (χ1n) is 8.94. The van der Waals surface area contributed by atoms with Gasteiger partial charge < -0.3 is 0 Å². The Balaban J connectivity index is 6.23. The molecule has 0 aromatic carbocycles. The van der Waals surface area contributed by atoms with Crippen molar-refractivity contribution in [3.8, 4) is 0 Å². The van der Waals surface area contributed by atoms with Gasteiger partial charge in [-0.2, -0.15) is 0 Å². The maximum atomic E-state index is 15.4. The summed E-state index contributed by atoms with van der Waals surface area (Å²) in [4.78, 5) is 0. The molecular weight excluding hydrogens is 437 g/mol. The molecular formula is C16H38F2O2Si2Sn. The first kappa shape index (κ1) is 24.0. The summed E-state index contributed by atoms with van der Waals surface area (Å²) in [7, 11) is -6.71. The second-order valence-corrected chi connectivity index (χ2v) is 30.8. The Morgan fingerprint density at radius 2 is 0.870 bits per heavy atom. The van der Waals surface area contributed by atoms with Crippen molar-refractivity contribution in [1.82, 2.24) is 0 Å². The van der Waals surface area contributed by atoms with Crippen LogP contribution < -0.4 is 0 Å². The van der Waals surface area contributed by atoms with Gasteiger partial charge in [0.25, 0.3) is 0 Å². The van der Waals surface area contributed by atoms with Gasteiger partial charge in [0.15, 0.2) is 0 Å². The molecule has 0 aromatic rings. The van der Waals surface area contributed by atoms with E-state index in [2.05, 4.69) is 41.5 Å². The second kappa shape index (κ2) is 8.14. The Labute approximate surface area is 150 Å². The van der Waals surface area contributed by atoms with Crippen molar-refractivity contribution < 1.29 is 13.7 Å². The normalized spacial score (nSPS) is 15.1. The van der Waals surface area contributed by atoms with Gasteiger partial charge in [-0.3, -0.25) is 0 Å². The fraction of sp³-hybridized carbons (Fsp3) is 1.00. The Morgan fingerprint density at radius 3 is 1.00 bits per heavy atom. The molecule has 0 unspecified atom stereocenters. The SMILES string of the molecule is CC[Si](F)(CC)[O][Sn]([O][Si](F)(CC)CC)([C](C)(C)C)[C](C)(C)C. The van der Waals surface area contributed by atoms with Crippen molar-refractivity contribution in [2.24, 2.45) is 0 Å². The first-order valence-corrected chi connectivity index (χ1v) is 18.5. The molecule has 0 spiro atoms. The summed E-state index contributed by atoms with van der Waals surface area (Å²) in [5.74, 6) is 0. The van der Waals surface area contributed by atoms with E-state index in [1.807, 2.05) is 27.7 Å². The molecule has 0 aliphatic carbocycles. The molecule has 140 valence electrons. The molecule has 0 aromatic heterocycles. The first-order chi connectivity index (χ1) is 10.2. The van der Waals surface area contributed by atoms with Crippen molar-refractivity contribution >= 4 is 36.5 Å². The molecule has 0 fully saturated rings. The van der Waals surface area contributed by atoms with E-state index in [9.17, 15) is 0 Å². The van der Waals surface area contributed by atoms with Crippen LogP contribution in [0.5, 0.6) is 0 Å². The van der Waals surface area contributed by atoms with Crippen LogP contribution in [0, 0.1) is 0 Å². The van der Waals surface area contributed by atoms with Crippen LogP contribution >= 0.6 is 0 Å². The molecule has 0 N–H and O–H groups in total. The van der Waals surface area contributed by atoms with Crippen molar-refractivity contribution in [2.45, 2.75) is 100 Å². The third-order valence-corrected chi connectivity index (χ3v) is 32.7. The quantitative estimate of drug-likeness (QED) is 0.279. The van der Waals surface area contributed by atoms with Gasteiger partial charge in [0.1, 0.15) is 0 Å². The van der Waals surface area contributed by atoms with Gasteiger partial charge >= 0.3 is 151 Å². The average Bonchev–Trinajstić information content (AvgIpc) is 2.43. The van der Waals surface area contributed by atoms with Crippen molar-refractivity contribution in [1.29, 1.82) is 0 Å². The molecule has 7 heteroatoms. The second-order valence-electron chi connectivity index (χ2n) is 8.50. The van der Waals surface area contributed by atoms with Crippen LogP contribution in [0.2, 0.25) is 31.0 Å². The molecule has 0 aliphatic rings. The van der Waals surface area contributed by atoms with Crippen LogP contribution in [0.25, 0.3) is 0 Å². The van der Waals surface area contributed by atoms with E-state index in [-0.39, 0.29) is 6.86 Å². The minimum absolute atomic E-state index is 0.337. The van der Waals surface area contributed by atoms with Crippen LogP contribution in [0.3, 0.4) is 0 Å². The summed E-state index contributed by atoms with van der Waals surface area (Å²) < 4.78 is 42.9. The zero-order valence-corrected chi connectivity index (χ0v) is 21.8. The molecule has 0 bridgehead atoms. The molecule has 0 saturated carbocycles. The van der Waals surface area contributed by atoms with Gasteiger partial charge in [-0.15, -0.1) is 0 Å². The predicted octanol–water partition coefficient (Wildman–Crippen LogP) is 6.97. The predicted molar refractivity (Wildman–Crippen MR) is 103 cm³/mol. The average molecular weight is 475 g/mol. The van der Waals surface area contributed by atoms with Gasteiger partial charge in [0.05, 0.1) is 0 Å². The van der Waals surface area contributed by atoms with Crippen LogP contribution in [-0.4, -0.2) is 36.5 Å². The standard InChI is InChI=1S/2C4H10FOSi.2C4H9.Sn/c2*1-3-7(5,6)4-2;2*1-4(2)3;/h2*3-4H2,1-2H3;2*1-3H3;/q2*-1;;;+2. The van der Waals surface area contributed by atoms with Gasteiger partial charge in [0.2, 0.25) is 0 Å². The molecule has 0 amide bonds. The zero-order valence-electron chi connectivity index (χ0n) is 16.9. The fourth-order valence-corrected chi connectivity index (χ4v) is 38.8. The Hall–Kier alpha value is 1.01. The molecule has 0 saturated heterocycles. The summed E-state index contributed by atoms with van der Waals surface area (Å²) in [5, 5.41) is 0. The van der Waals surface area contributed by atoms with E-state index in [1.54, 1.807) is 0 Å². The van der Waals surface area contributed by atoms with Crippen LogP contribution in [0.1, 0.15) is 69.2 Å². The maximum absolute atomic E-state index is 15.4. The van der Waals surface area contributed by atoms with E-state index in [1.165, 1.54) is 0 Å². The number of hydrogen-bond donors (Lipinski definition) is 0. The summed E-state index contributed by atoms with van der Waals surface area (Å²) in [6.45, 7) is 19.7. The van der Waals surface area contributed by atoms with Crippen LogP contribution in [0.4, 0.5) is 8.22 Å². The third-order valence-electron chi connectivity index (χ3n) is 4.74. The zero-order chi connectivity index (χ0) is 18.7. The molecule has 0 aliphatic heterocycles. The van der Waals surface area contributed by atoms with Crippen LogP contribution in [-0.2, 0) is 5.53 Å². The van der Waals surface area contributed by atoms with Crippen molar-refractivity contribution in [3.63, 3.8) is 0 Å². The van der Waals surface area contributed by atoms with Crippen molar-refractivity contribution in [2.75, 3.05) is 0 Å². The number of rotatable bonds is 8. The van der Waals surface area contributed by atoms with Gasteiger partial charge in [0, 0.05) is 0 Å². The fourth-order valence-electron chi connectivity index (χ4n) is 3.06. The van der Waals surface area contributed by atoms with Gasteiger partial charge in [-0.1, -0.05) is 0 Å². The third kappa shape index (κ3) is 5.49.